The predicted octanol–water partition coefficient (Wildman–Crippen LogP) is 9.01. The Kier molecular flexibility index (Phi) is 5.97. The molecule has 0 aliphatic rings. The molecule has 0 bridgehead atoms. The van der Waals surface area contributed by atoms with E-state index in [-0.39, 0.29) is 5.41 Å². The Balaban J connectivity index is 1.45. The van der Waals surface area contributed by atoms with E-state index in [2.05, 4.69) is 47.3 Å². The first-order valence-electron chi connectivity index (χ1n) is 12.7. The third-order valence-corrected chi connectivity index (χ3v) is 6.59. The molecule has 3 aromatic carbocycles. The zero-order valence-corrected chi connectivity index (χ0v) is 21.9. The monoisotopic (exact) mass is 510 g/mol. The van der Waals surface area contributed by atoms with Gasteiger partial charge in [-0.25, -0.2) is 14.8 Å². The van der Waals surface area contributed by atoms with Gasteiger partial charge < -0.3 is 9.47 Å². The molecular formula is C33H26N4O2. The van der Waals surface area contributed by atoms with Crippen molar-refractivity contribution in [1.82, 2.24) is 14.5 Å². The van der Waals surface area contributed by atoms with E-state index in [1.165, 1.54) is 5.56 Å². The number of hydrogen-bond donors (Lipinski definition) is 0. The summed E-state index contributed by atoms with van der Waals surface area (Å²) in [6.45, 7) is 14.1. The average molecular weight is 511 g/mol. The van der Waals surface area contributed by atoms with Gasteiger partial charge in [-0.15, -0.1) is 0 Å². The first-order valence-corrected chi connectivity index (χ1v) is 12.7. The van der Waals surface area contributed by atoms with E-state index in [0.29, 0.717) is 28.8 Å². The minimum atomic E-state index is -0.0235. The highest BCUT2D eigenvalue weighted by atomic mass is 16.5. The van der Waals surface area contributed by atoms with Gasteiger partial charge in [0.05, 0.1) is 17.6 Å². The average Bonchev–Trinajstić information content (AvgIpc) is 3.26. The molecule has 0 radical (unpaired) electrons. The number of aromatic nitrogens is 3. The largest absolute Gasteiger partial charge is 0.457 e. The minimum absolute atomic E-state index is 0.0235. The molecule has 6 aromatic rings. The van der Waals surface area contributed by atoms with Crippen LogP contribution in [0, 0.1) is 6.57 Å². The van der Waals surface area contributed by atoms with Gasteiger partial charge in [-0.3, -0.25) is 4.57 Å². The van der Waals surface area contributed by atoms with Gasteiger partial charge in [0.15, 0.2) is 5.69 Å². The van der Waals surface area contributed by atoms with Gasteiger partial charge >= 0.3 is 0 Å². The van der Waals surface area contributed by atoms with Crippen molar-refractivity contribution in [1.29, 1.82) is 0 Å². The molecule has 0 atom stereocenters. The highest BCUT2D eigenvalue weighted by Gasteiger charge is 2.18. The predicted molar refractivity (Wildman–Crippen MR) is 154 cm³/mol. The second-order valence-electron chi connectivity index (χ2n) is 10.3. The van der Waals surface area contributed by atoms with Crippen LogP contribution < -0.4 is 9.47 Å². The first-order chi connectivity index (χ1) is 18.9. The lowest BCUT2D eigenvalue weighted by atomic mass is 9.88. The molecule has 0 spiro atoms. The van der Waals surface area contributed by atoms with Crippen molar-refractivity contribution in [3.8, 4) is 28.9 Å². The van der Waals surface area contributed by atoms with Crippen LogP contribution in [-0.4, -0.2) is 14.5 Å². The number of fused-ring (bicyclic) bond motifs is 3. The van der Waals surface area contributed by atoms with Crippen LogP contribution in [-0.2, 0) is 5.41 Å². The molecule has 6 nitrogen and oxygen atoms in total. The zero-order valence-electron chi connectivity index (χ0n) is 21.9. The Labute approximate surface area is 226 Å². The maximum Gasteiger partial charge on any atom is 0.219 e. The molecule has 39 heavy (non-hydrogen) atoms. The molecule has 0 saturated carbocycles. The van der Waals surface area contributed by atoms with Gasteiger partial charge in [0.2, 0.25) is 5.88 Å². The summed E-state index contributed by atoms with van der Waals surface area (Å²) in [4.78, 5) is 12.6. The molecule has 6 rings (SSSR count). The SMILES string of the molecule is [C-]#[N+]c1ccc2c(c1)c1ccc(Oc3cccc(Oc4ccccn4)c3)cc1n2-c1cc(C(C)(C)C)ccn1. The van der Waals surface area contributed by atoms with E-state index in [4.69, 9.17) is 21.0 Å². The summed E-state index contributed by atoms with van der Waals surface area (Å²) in [6, 6.07) is 29.0. The van der Waals surface area contributed by atoms with Crippen molar-refractivity contribution in [3.05, 3.63) is 120 Å². The molecule has 3 aromatic heterocycles. The molecule has 3 heterocycles. The van der Waals surface area contributed by atoms with Crippen molar-refractivity contribution >= 4 is 27.5 Å². The lowest BCUT2D eigenvalue weighted by Gasteiger charge is -2.20. The highest BCUT2D eigenvalue weighted by Crippen LogP contribution is 2.37. The van der Waals surface area contributed by atoms with E-state index in [1.807, 2.05) is 85.1 Å². The van der Waals surface area contributed by atoms with Gasteiger partial charge in [-0.2, -0.15) is 0 Å². The van der Waals surface area contributed by atoms with Gasteiger partial charge in [0.25, 0.3) is 0 Å². The summed E-state index contributed by atoms with van der Waals surface area (Å²) in [5, 5.41) is 2.02. The number of rotatable bonds is 5. The molecule has 0 N–H and O–H groups in total. The molecular weight excluding hydrogens is 484 g/mol. The fourth-order valence-electron chi connectivity index (χ4n) is 4.64. The molecule has 0 amide bonds. The second-order valence-corrected chi connectivity index (χ2v) is 10.3. The van der Waals surface area contributed by atoms with Crippen molar-refractivity contribution in [2.75, 3.05) is 0 Å². The van der Waals surface area contributed by atoms with E-state index >= 15 is 0 Å². The third-order valence-electron chi connectivity index (χ3n) is 6.59. The van der Waals surface area contributed by atoms with E-state index in [1.54, 1.807) is 6.20 Å². The molecule has 0 fully saturated rings. The van der Waals surface area contributed by atoms with Gasteiger partial charge in [-0.05, 0) is 71.0 Å². The summed E-state index contributed by atoms with van der Waals surface area (Å²) >= 11 is 0. The summed E-state index contributed by atoms with van der Waals surface area (Å²) in [5.74, 6) is 3.30. The van der Waals surface area contributed by atoms with Gasteiger partial charge in [0, 0.05) is 36.0 Å². The molecule has 0 aliphatic carbocycles. The Morgan fingerprint density at radius 1 is 0.692 bits per heavy atom. The highest BCUT2D eigenvalue weighted by molar-refractivity contribution is 6.10. The summed E-state index contributed by atoms with van der Waals surface area (Å²) in [7, 11) is 0. The number of hydrogen-bond acceptors (Lipinski definition) is 4. The van der Waals surface area contributed by atoms with Crippen LogP contribution in [0.15, 0.2) is 103 Å². The van der Waals surface area contributed by atoms with Gasteiger partial charge in [0.1, 0.15) is 23.1 Å². The van der Waals surface area contributed by atoms with Crippen molar-refractivity contribution in [3.63, 3.8) is 0 Å². The van der Waals surface area contributed by atoms with Crippen molar-refractivity contribution < 1.29 is 9.47 Å². The van der Waals surface area contributed by atoms with Gasteiger partial charge in [-0.1, -0.05) is 39.0 Å². The number of pyridine rings is 2. The van der Waals surface area contributed by atoms with Crippen LogP contribution in [0.2, 0.25) is 0 Å². The lowest BCUT2D eigenvalue weighted by molar-refractivity contribution is 0.449. The molecule has 6 heteroatoms. The molecule has 190 valence electrons. The molecule has 0 saturated heterocycles. The summed E-state index contributed by atoms with van der Waals surface area (Å²) in [5.41, 5.74) is 3.70. The number of ether oxygens (including phenoxy) is 2. The number of benzene rings is 3. The second kappa shape index (κ2) is 9.62. The topological polar surface area (TPSA) is 53.5 Å². The van der Waals surface area contributed by atoms with Crippen molar-refractivity contribution in [2.45, 2.75) is 26.2 Å². The fourth-order valence-corrected chi connectivity index (χ4v) is 4.64. The molecule has 0 aliphatic heterocycles. The lowest BCUT2D eigenvalue weighted by Crippen LogP contribution is -2.12. The normalized spacial score (nSPS) is 11.4. The van der Waals surface area contributed by atoms with Crippen LogP contribution in [0.5, 0.6) is 23.1 Å². The maximum atomic E-state index is 7.51. The Morgan fingerprint density at radius 2 is 1.51 bits per heavy atom. The Morgan fingerprint density at radius 3 is 2.28 bits per heavy atom. The Hall–Kier alpha value is -5.15. The molecule has 0 unspecified atom stereocenters. The first kappa shape index (κ1) is 24.2. The maximum absolute atomic E-state index is 7.51. The van der Waals surface area contributed by atoms with Crippen LogP contribution in [0.4, 0.5) is 5.69 Å². The van der Waals surface area contributed by atoms with Crippen molar-refractivity contribution in [2.24, 2.45) is 0 Å². The van der Waals surface area contributed by atoms with Crippen LogP contribution >= 0.6 is 0 Å². The Bertz CT molecular complexity index is 1860. The number of nitrogens with zero attached hydrogens (tertiary/aromatic N) is 4. The van der Waals surface area contributed by atoms with E-state index in [9.17, 15) is 0 Å². The summed E-state index contributed by atoms with van der Waals surface area (Å²) < 4.78 is 14.3. The van der Waals surface area contributed by atoms with E-state index < -0.39 is 0 Å². The van der Waals surface area contributed by atoms with Crippen LogP contribution in [0.3, 0.4) is 0 Å². The van der Waals surface area contributed by atoms with Crippen LogP contribution in [0.1, 0.15) is 26.3 Å². The minimum Gasteiger partial charge on any atom is -0.457 e. The zero-order chi connectivity index (χ0) is 27.0. The third kappa shape index (κ3) is 4.78. The standard InChI is InChI=1S/C33H26N4O2/c1-33(2,3)22-15-17-35-31(18-22)37-29-14-11-23(34-4)19-28(29)27-13-12-26(21-30(27)37)38-24-8-7-9-25(20-24)39-32-10-5-6-16-36-32/h5-21H,1-3H3. The van der Waals surface area contributed by atoms with E-state index in [0.717, 1.165) is 27.6 Å². The summed E-state index contributed by atoms with van der Waals surface area (Å²) in [6.07, 6.45) is 3.55. The quantitative estimate of drug-likeness (QED) is 0.217. The fraction of sp³-hybridized carbons (Fsp3) is 0.121. The van der Waals surface area contributed by atoms with Crippen LogP contribution in [0.25, 0.3) is 32.5 Å². The smallest absolute Gasteiger partial charge is 0.219 e.